The zero-order valence-electron chi connectivity index (χ0n) is 11.3. The lowest BCUT2D eigenvalue weighted by Crippen LogP contribution is -2.09. The van der Waals surface area contributed by atoms with E-state index in [0.29, 0.717) is 5.92 Å². The van der Waals surface area contributed by atoms with Crippen LogP contribution in [0.1, 0.15) is 36.4 Å². The maximum atomic E-state index is 11.1. The normalized spacial score (nSPS) is 16.7. The van der Waals surface area contributed by atoms with Crippen molar-refractivity contribution in [1.82, 2.24) is 9.78 Å². The molecule has 1 N–H and O–H groups in total. The number of aliphatic carboxylic acids is 1. The van der Waals surface area contributed by atoms with Crippen LogP contribution in [0.4, 0.5) is 0 Å². The summed E-state index contributed by atoms with van der Waals surface area (Å²) >= 11 is 0. The Kier molecular flexibility index (Phi) is 2.81. The first-order valence-electron chi connectivity index (χ1n) is 6.72. The number of fused-ring (bicyclic) bond motifs is 1. The Balaban J connectivity index is 2.14. The Morgan fingerprint density at radius 1 is 1.53 bits per heavy atom. The highest BCUT2D eigenvalue weighted by molar-refractivity contribution is 5.86. The summed E-state index contributed by atoms with van der Waals surface area (Å²) < 4.78 is 1.87. The minimum Gasteiger partial charge on any atom is -0.481 e. The molecular weight excluding hydrogens is 240 g/mol. The van der Waals surface area contributed by atoms with Gasteiger partial charge < -0.3 is 5.11 Å². The predicted octanol–water partition coefficient (Wildman–Crippen LogP) is 2.85. The van der Waals surface area contributed by atoms with Crippen molar-refractivity contribution in [2.75, 3.05) is 0 Å². The summed E-state index contributed by atoms with van der Waals surface area (Å²) in [4.78, 5) is 11.1. The van der Waals surface area contributed by atoms with Gasteiger partial charge in [-0.3, -0.25) is 9.48 Å². The standard InChI is InChI=1S/C15H18N2O2/c1-9-15-11(4-3-5-13(15)17(2)16-9)12(8-14(18)19)10-6-7-10/h3-5,10,12H,6-8H2,1-2H3,(H,18,19). The van der Waals surface area contributed by atoms with Crippen LogP contribution in [-0.2, 0) is 11.8 Å². The first-order valence-corrected chi connectivity index (χ1v) is 6.72. The average Bonchev–Trinajstić information content (AvgIpc) is 3.14. The van der Waals surface area contributed by atoms with Crippen molar-refractivity contribution in [3.8, 4) is 0 Å². The number of benzene rings is 1. The highest BCUT2D eigenvalue weighted by Gasteiger charge is 2.35. The van der Waals surface area contributed by atoms with Crippen molar-refractivity contribution < 1.29 is 9.90 Å². The molecule has 1 atom stereocenters. The SMILES string of the molecule is Cc1nn(C)c2cccc(C(CC(=O)O)C3CC3)c12. The predicted molar refractivity (Wildman–Crippen MR) is 73.2 cm³/mol. The molecule has 3 rings (SSSR count). The number of carbonyl (C=O) groups is 1. The number of rotatable bonds is 4. The van der Waals surface area contributed by atoms with Crippen molar-refractivity contribution >= 4 is 16.9 Å². The van der Waals surface area contributed by atoms with E-state index in [0.717, 1.165) is 35.0 Å². The summed E-state index contributed by atoms with van der Waals surface area (Å²) in [5.74, 6) is -0.0548. The fraction of sp³-hybridized carbons (Fsp3) is 0.467. The summed E-state index contributed by atoms with van der Waals surface area (Å²) in [5.41, 5.74) is 3.24. The molecule has 1 heterocycles. The zero-order chi connectivity index (χ0) is 13.6. The Bertz CT molecular complexity index is 641. The third-order valence-electron chi connectivity index (χ3n) is 4.07. The molecule has 1 fully saturated rings. The van der Waals surface area contributed by atoms with Gasteiger partial charge in [-0.25, -0.2) is 0 Å². The molecule has 4 heteroatoms. The topological polar surface area (TPSA) is 55.1 Å². The monoisotopic (exact) mass is 258 g/mol. The number of aromatic nitrogens is 2. The molecule has 0 amide bonds. The molecule has 1 aliphatic carbocycles. The van der Waals surface area contributed by atoms with E-state index in [1.54, 1.807) is 0 Å². The Labute approximate surface area is 112 Å². The van der Waals surface area contributed by atoms with Gasteiger partial charge in [0.1, 0.15) is 0 Å². The molecule has 0 radical (unpaired) electrons. The van der Waals surface area contributed by atoms with Crippen molar-refractivity contribution in [2.45, 2.75) is 32.1 Å². The second-order valence-corrected chi connectivity index (χ2v) is 5.49. The molecule has 0 spiro atoms. The summed E-state index contributed by atoms with van der Waals surface area (Å²) in [6, 6.07) is 6.13. The summed E-state index contributed by atoms with van der Waals surface area (Å²) in [6.45, 7) is 2.00. The quantitative estimate of drug-likeness (QED) is 0.917. The second kappa shape index (κ2) is 4.37. The summed E-state index contributed by atoms with van der Waals surface area (Å²) in [7, 11) is 1.93. The van der Waals surface area contributed by atoms with E-state index in [1.807, 2.05) is 30.8 Å². The highest BCUT2D eigenvalue weighted by Crippen LogP contribution is 2.46. The molecule has 0 bridgehead atoms. The minimum absolute atomic E-state index is 0.129. The largest absolute Gasteiger partial charge is 0.481 e. The third-order valence-corrected chi connectivity index (χ3v) is 4.07. The molecule has 1 aromatic heterocycles. The molecule has 4 nitrogen and oxygen atoms in total. The molecule has 1 aromatic carbocycles. The van der Waals surface area contributed by atoms with E-state index in [4.69, 9.17) is 5.11 Å². The second-order valence-electron chi connectivity index (χ2n) is 5.49. The van der Waals surface area contributed by atoms with E-state index in [2.05, 4.69) is 11.2 Å². The van der Waals surface area contributed by atoms with Gasteiger partial charge in [-0.1, -0.05) is 12.1 Å². The van der Waals surface area contributed by atoms with Crippen LogP contribution in [0.5, 0.6) is 0 Å². The maximum Gasteiger partial charge on any atom is 0.303 e. The lowest BCUT2D eigenvalue weighted by molar-refractivity contribution is -0.137. The maximum absolute atomic E-state index is 11.1. The van der Waals surface area contributed by atoms with Crippen LogP contribution in [0.15, 0.2) is 18.2 Å². The van der Waals surface area contributed by atoms with Crippen LogP contribution in [0.25, 0.3) is 10.9 Å². The van der Waals surface area contributed by atoms with Gasteiger partial charge >= 0.3 is 5.97 Å². The van der Waals surface area contributed by atoms with Crippen LogP contribution in [0, 0.1) is 12.8 Å². The molecule has 1 saturated carbocycles. The zero-order valence-corrected chi connectivity index (χ0v) is 11.3. The van der Waals surface area contributed by atoms with E-state index >= 15 is 0 Å². The average molecular weight is 258 g/mol. The van der Waals surface area contributed by atoms with Gasteiger partial charge in [-0.15, -0.1) is 0 Å². The lowest BCUT2D eigenvalue weighted by Gasteiger charge is -2.16. The van der Waals surface area contributed by atoms with Crippen LogP contribution >= 0.6 is 0 Å². The van der Waals surface area contributed by atoms with Gasteiger partial charge in [0.25, 0.3) is 0 Å². The number of hydrogen-bond acceptors (Lipinski definition) is 2. The lowest BCUT2D eigenvalue weighted by atomic mass is 9.88. The number of aryl methyl sites for hydroxylation is 2. The van der Waals surface area contributed by atoms with Gasteiger partial charge in [0.05, 0.1) is 17.6 Å². The first kappa shape index (κ1) is 12.2. The Morgan fingerprint density at radius 3 is 2.89 bits per heavy atom. The van der Waals surface area contributed by atoms with E-state index in [-0.39, 0.29) is 12.3 Å². The number of carboxylic acid groups (broad SMARTS) is 1. The van der Waals surface area contributed by atoms with Crippen LogP contribution in [0.3, 0.4) is 0 Å². The van der Waals surface area contributed by atoms with Gasteiger partial charge in [0.2, 0.25) is 0 Å². The van der Waals surface area contributed by atoms with E-state index in [9.17, 15) is 4.79 Å². The molecule has 100 valence electrons. The molecule has 0 saturated heterocycles. The first-order chi connectivity index (χ1) is 9.08. The molecule has 19 heavy (non-hydrogen) atoms. The molecule has 1 unspecified atom stereocenters. The van der Waals surface area contributed by atoms with Gasteiger partial charge in [-0.2, -0.15) is 5.10 Å². The minimum atomic E-state index is -0.713. The summed E-state index contributed by atoms with van der Waals surface area (Å²) in [6.07, 6.45) is 2.51. The third kappa shape index (κ3) is 2.11. The fourth-order valence-electron chi connectivity index (χ4n) is 3.08. The van der Waals surface area contributed by atoms with Crippen molar-refractivity contribution in [2.24, 2.45) is 13.0 Å². The number of hydrogen-bond donors (Lipinski definition) is 1. The molecular formula is C15H18N2O2. The highest BCUT2D eigenvalue weighted by atomic mass is 16.4. The van der Waals surface area contributed by atoms with Crippen LogP contribution in [-0.4, -0.2) is 20.9 Å². The van der Waals surface area contributed by atoms with Crippen LogP contribution < -0.4 is 0 Å². The van der Waals surface area contributed by atoms with E-state index < -0.39 is 5.97 Å². The van der Waals surface area contributed by atoms with Crippen LogP contribution in [0.2, 0.25) is 0 Å². The van der Waals surface area contributed by atoms with Crippen molar-refractivity contribution in [3.05, 3.63) is 29.5 Å². The number of nitrogens with zero attached hydrogens (tertiary/aromatic N) is 2. The smallest absolute Gasteiger partial charge is 0.303 e. The van der Waals surface area contributed by atoms with Gasteiger partial charge in [0, 0.05) is 12.4 Å². The molecule has 2 aromatic rings. The fourth-order valence-corrected chi connectivity index (χ4v) is 3.08. The molecule has 1 aliphatic rings. The Morgan fingerprint density at radius 2 is 2.26 bits per heavy atom. The van der Waals surface area contributed by atoms with Gasteiger partial charge in [0.15, 0.2) is 0 Å². The van der Waals surface area contributed by atoms with Crippen molar-refractivity contribution in [3.63, 3.8) is 0 Å². The van der Waals surface area contributed by atoms with E-state index in [1.165, 1.54) is 0 Å². The number of carboxylic acids is 1. The molecule has 0 aliphatic heterocycles. The summed E-state index contributed by atoms with van der Waals surface area (Å²) in [5, 5.41) is 14.8. The van der Waals surface area contributed by atoms with Gasteiger partial charge in [-0.05, 0) is 43.2 Å². The Hall–Kier alpha value is -1.84. The van der Waals surface area contributed by atoms with Crippen molar-refractivity contribution in [1.29, 1.82) is 0 Å².